The second kappa shape index (κ2) is 11.5. The highest BCUT2D eigenvalue weighted by Gasteiger charge is 2.23. The van der Waals surface area contributed by atoms with Gasteiger partial charge in [0.05, 0.1) is 44.4 Å². The van der Waals surface area contributed by atoms with Crippen molar-refractivity contribution in [3.8, 4) is 17.2 Å². The van der Waals surface area contributed by atoms with Crippen LogP contribution in [0.1, 0.15) is 49.2 Å². The molecule has 0 spiro atoms. The normalized spacial score (nSPS) is 11.6. The molecule has 0 aromatic heterocycles. The first kappa shape index (κ1) is 24.3. The topological polar surface area (TPSA) is 83.1 Å². The fraction of sp³-hybridized carbons (Fsp3) is 0.391. The molecule has 0 radical (unpaired) electrons. The molecule has 0 heterocycles. The maximum absolute atomic E-state index is 13.0. The van der Waals surface area contributed by atoms with E-state index >= 15 is 0 Å². The van der Waals surface area contributed by atoms with Gasteiger partial charge in [0.1, 0.15) is 5.75 Å². The van der Waals surface area contributed by atoms with Crippen molar-refractivity contribution < 1.29 is 28.5 Å². The summed E-state index contributed by atoms with van der Waals surface area (Å²) >= 11 is 6.29. The Kier molecular flexibility index (Phi) is 9.00. The first-order chi connectivity index (χ1) is 14.8. The van der Waals surface area contributed by atoms with E-state index in [1.54, 1.807) is 51.3 Å². The highest BCUT2D eigenvalue weighted by molar-refractivity contribution is 6.32. The molecule has 0 saturated heterocycles. The summed E-state index contributed by atoms with van der Waals surface area (Å²) in [5.74, 6) is 0.552. The van der Waals surface area contributed by atoms with Crippen LogP contribution < -0.4 is 19.5 Å². The number of esters is 1. The number of rotatable bonds is 10. The number of methoxy groups -OCH3 is 2. The Labute approximate surface area is 187 Å². The Morgan fingerprint density at radius 2 is 1.74 bits per heavy atom. The van der Waals surface area contributed by atoms with Gasteiger partial charge in [-0.05, 0) is 50.6 Å². The molecule has 168 valence electrons. The van der Waals surface area contributed by atoms with E-state index in [1.807, 2.05) is 6.92 Å². The summed E-state index contributed by atoms with van der Waals surface area (Å²) in [6.07, 6.45) is -0.285. The summed E-state index contributed by atoms with van der Waals surface area (Å²) in [6.45, 7) is 5.77. The fourth-order valence-corrected chi connectivity index (χ4v) is 3.21. The van der Waals surface area contributed by atoms with Crippen LogP contribution in [-0.4, -0.2) is 38.8 Å². The zero-order valence-corrected chi connectivity index (χ0v) is 19.1. The molecule has 0 fully saturated rings. The van der Waals surface area contributed by atoms with Gasteiger partial charge in [-0.15, -0.1) is 0 Å². The molecule has 0 bridgehead atoms. The maximum atomic E-state index is 13.0. The first-order valence-electron chi connectivity index (χ1n) is 9.93. The van der Waals surface area contributed by atoms with Crippen LogP contribution in [0.15, 0.2) is 36.4 Å². The monoisotopic (exact) mass is 449 g/mol. The van der Waals surface area contributed by atoms with E-state index in [-0.39, 0.29) is 23.1 Å². The number of carbonyl (C=O) groups excluding carboxylic acids is 2. The third-order valence-electron chi connectivity index (χ3n) is 4.34. The minimum Gasteiger partial charge on any atom is -0.497 e. The number of halogens is 1. The van der Waals surface area contributed by atoms with Crippen LogP contribution in [0.25, 0.3) is 0 Å². The minimum atomic E-state index is -0.610. The molecule has 7 nitrogen and oxygen atoms in total. The molecule has 2 aromatic carbocycles. The third-order valence-corrected chi connectivity index (χ3v) is 4.62. The lowest BCUT2D eigenvalue weighted by molar-refractivity contribution is -0.147. The Hall–Kier alpha value is -2.93. The summed E-state index contributed by atoms with van der Waals surface area (Å²) in [5, 5.41) is 3.14. The molecule has 2 rings (SSSR count). The van der Waals surface area contributed by atoms with Crippen molar-refractivity contribution in [1.29, 1.82) is 0 Å². The predicted octanol–water partition coefficient (Wildman–Crippen LogP) is 4.57. The second-order valence-corrected chi connectivity index (χ2v) is 7.37. The van der Waals surface area contributed by atoms with Crippen LogP contribution in [0.2, 0.25) is 5.02 Å². The number of nitrogens with one attached hydrogen (secondary N) is 1. The van der Waals surface area contributed by atoms with E-state index in [1.165, 1.54) is 13.2 Å². The number of hydrogen-bond acceptors (Lipinski definition) is 6. The average Bonchev–Trinajstić information content (AvgIpc) is 2.74. The lowest BCUT2D eigenvalue weighted by Crippen LogP contribution is -2.31. The van der Waals surface area contributed by atoms with Crippen LogP contribution >= 0.6 is 11.6 Å². The van der Waals surface area contributed by atoms with Crippen molar-refractivity contribution in [2.45, 2.75) is 39.3 Å². The number of hydrogen-bond donors (Lipinski definition) is 1. The molecule has 0 aliphatic rings. The molecule has 0 saturated carbocycles. The van der Waals surface area contributed by atoms with Gasteiger partial charge in [0.25, 0.3) is 5.91 Å². The Morgan fingerprint density at radius 3 is 2.29 bits per heavy atom. The molecule has 1 amide bonds. The lowest BCUT2D eigenvalue weighted by Gasteiger charge is -2.20. The third kappa shape index (κ3) is 6.79. The van der Waals surface area contributed by atoms with E-state index in [9.17, 15) is 9.59 Å². The van der Waals surface area contributed by atoms with E-state index in [0.29, 0.717) is 23.9 Å². The Bertz CT molecular complexity index is 898. The van der Waals surface area contributed by atoms with Gasteiger partial charge < -0.3 is 24.3 Å². The predicted molar refractivity (Wildman–Crippen MR) is 118 cm³/mol. The Balaban J connectivity index is 2.31. The molecular formula is C23H28ClNO6. The van der Waals surface area contributed by atoms with E-state index in [2.05, 4.69) is 5.32 Å². The summed E-state index contributed by atoms with van der Waals surface area (Å²) in [6, 6.07) is 9.54. The van der Waals surface area contributed by atoms with Crippen LogP contribution in [0.5, 0.6) is 17.2 Å². The van der Waals surface area contributed by atoms with Crippen molar-refractivity contribution in [1.82, 2.24) is 5.32 Å². The number of amides is 1. The smallest absolute Gasteiger partial charge is 0.308 e. The van der Waals surface area contributed by atoms with Gasteiger partial charge in [-0.3, -0.25) is 9.59 Å². The zero-order chi connectivity index (χ0) is 23.0. The van der Waals surface area contributed by atoms with Gasteiger partial charge in [-0.2, -0.15) is 0 Å². The van der Waals surface area contributed by atoms with Gasteiger partial charge in [0, 0.05) is 5.56 Å². The SMILES string of the molecule is CCOc1c(Cl)cc(C(=O)NC(CC(=O)OC(C)C)c2ccc(OC)cc2)cc1OC. The summed E-state index contributed by atoms with van der Waals surface area (Å²) < 4.78 is 21.3. The Morgan fingerprint density at radius 1 is 1.06 bits per heavy atom. The minimum absolute atomic E-state index is 0.0296. The van der Waals surface area contributed by atoms with Gasteiger partial charge >= 0.3 is 5.97 Å². The van der Waals surface area contributed by atoms with E-state index < -0.39 is 17.9 Å². The molecule has 1 atom stereocenters. The highest BCUT2D eigenvalue weighted by atomic mass is 35.5. The van der Waals surface area contributed by atoms with Gasteiger partial charge in [-0.25, -0.2) is 0 Å². The maximum Gasteiger partial charge on any atom is 0.308 e. The standard InChI is InChI=1S/C23H28ClNO6/c1-6-30-22-18(24)11-16(12-20(22)29-5)23(27)25-19(13-21(26)31-14(2)3)15-7-9-17(28-4)10-8-15/h7-12,14,19H,6,13H2,1-5H3,(H,25,27). The molecule has 2 aromatic rings. The lowest BCUT2D eigenvalue weighted by atomic mass is 10.0. The fourth-order valence-electron chi connectivity index (χ4n) is 2.94. The van der Waals surface area contributed by atoms with Crippen molar-refractivity contribution in [2.24, 2.45) is 0 Å². The highest BCUT2D eigenvalue weighted by Crippen LogP contribution is 2.36. The molecule has 8 heteroatoms. The summed E-state index contributed by atoms with van der Waals surface area (Å²) in [5.41, 5.74) is 1.01. The first-order valence-corrected chi connectivity index (χ1v) is 10.3. The van der Waals surface area contributed by atoms with Gasteiger partial charge in [0.15, 0.2) is 11.5 Å². The molecule has 1 N–H and O–H groups in total. The average molecular weight is 450 g/mol. The van der Waals surface area contributed by atoms with Crippen molar-refractivity contribution in [3.05, 3.63) is 52.5 Å². The zero-order valence-electron chi connectivity index (χ0n) is 18.4. The quantitative estimate of drug-likeness (QED) is 0.535. The van der Waals surface area contributed by atoms with Crippen LogP contribution in [0, 0.1) is 0 Å². The largest absolute Gasteiger partial charge is 0.497 e. The van der Waals surface area contributed by atoms with Crippen LogP contribution in [-0.2, 0) is 9.53 Å². The molecule has 0 aliphatic heterocycles. The van der Waals surface area contributed by atoms with Crippen molar-refractivity contribution >= 4 is 23.5 Å². The second-order valence-electron chi connectivity index (χ2n) is 6.96. The number of ether oxygens (including phenoxy) is 4. The van der Waals surface area contributed by atoms with Crippen molar-refractivity contribution in [3.63, 3.8) is 0 Å². The van der Waals surface area contributed by atoms with Crippen molar-refractivity contribution in [2.75, 3.05) is 20.8 Å². The van der Waals surface area contributed by atoms with Crippen LogP contribution in [0.4, 0.5) is 0 Å². The van der Waals surface area contributed by atoms with E-state index in [4.69, 9.17) is 30.5 Å². The summed E-state index contributed by atoms with van der Waals surface area (Å²) in [7, 11) is 3.04. The number of carbonyl (C=O) groups is 2. The van der Waals surface area contributed by atoms with E-state index in [0.717, 1.165) is 5.56 Å². The van der Waals surface area contributed by atoms with Crippen LogP contribution in [0.3, 0.4) is 0 Å². The molecule has 1 unspecified atom stereocenters. The van der Waals surface area contributed by atoms with Gasteiger partial charge in [0.2, 0.25) is 0 Å². The summed E-state index contributed by atoms with van der Waals surface area (Å²) in [4.78, 5) is 25.3. The van der Waals surface area contributed by atoms with Gasteiger partial charge in [-0.1, -0.05) is 23.7 Å². The molecule has 0 aliphatic carbocycles. The number of benzene rings is 2. The molecular weight excluding hydrogens is 422 g/mol. The molecule has 31 heavy (non-hydrogen) atoms.